The molecule has 0 saturated carbocycles. The van der Waals surface area contributed by atoms with Crippen LogP contribution in [0.3, 0.4) is 0 Å². The molecule has 1 atom stereocenters. The number of ether oxygens (including phenoxy) is 3. The van der Waals surface area contributed by atoms with Crippen molar-refractivity contribution in [2.75, 3.05) is 46.2 Å². The van der Waals surface area contributed by atoms with Gasteiger partial charge in [-0.25, -0.2) is 8.42 Å². The molecule has 26 heavy (non-hydrogen) atoms. The minimum Gasteiger partial charge on any atom is -0.493 e. The summed E-state index contributed by atoms with van der Waals surface area (Å²) in [5.41, 5.74) is 0.755. The normalized spacial score (nSPS) is 18.3. The quantitative estimate of drug-likeness (QED) is 0.696. The van der Waals surface area contributed by atoms with Gasteiger partial charge in [0.2, 0.25) is 15.9 Å². The summed E-state index contributed by atoms with van der Waals surface area (Å²) < 4.78 is 41.8. The van der Waals surface area contributed by atoms with Crippen molar-refractivity contribution in [2.45, 2.75) is 19.4 Å². The van der Waals surface area contributed by atoms with Crippen LogP contribution in [0.25, 0.3) is 0 Å². The van der Waals surface area contributed by atoms with Crippen LogP contribution in [0.1, 0.15) is 12.5 Å². The van der Waals surface area contributed by atoms with E-state index in [1.807, 2.05) is 6.92 Å². The molecule has 1 aliphatic heterocycles. The SMILES string of the molecule is COc1ccc(CC(=O)NCCS(=O)(=O)N2CCOC(C)C2)cc1OC. The Morgan fingerprint density at radius 1 is 1.31 bits per heavy atom. The molecule has 0 spiro atoms. The third-order valence-corrected chi connectivity index (χ3v) is 5.93. The number of morpholine rings is 1. The second-order valence-electron chi connectivity index (χ2n) is 6.07. The smallest absolute Gasteiger partial charge is 0.224 e. The van der Waals surface area contributed by atoms with E-state index >= 15 is 0 Å². The maximum atomic E-state index is 12.3. The predicted octanol–water partition coefficient (Wildman–Crippen LogP) is 0.413. The molecule has 146 valence electrons. The Balaban J connectivity index is 1.83. The molecule has 0 radical (unpaired) electrons. The number of hydrogen-bond donors (Lipinski definition) is 1. The minimum atomic E-state index is -3.40. The molecule has 1 amide bonds. The van der Waals surface area contributed by atoms with Gasteiger partial charge in [0.05, 0.1) is 39.1 Å². The highest BCUT2D eigenvalue weighted by Crippen LogP contribution is 2.27. The molecule has 1 heterocycles. The minimum absolute atomic E-state index is 0.0696. The fourth-order valence-corrected chi connectivity index (χ4v) is 4.13. The van der Waals surface area contributed by atoms with Gasteiger partial charge in [-0.3, -0.25) is 4.79 Å². The number of hydrogen-bond acceptors (Lipinski definition) is 6. The van der Waals surface area contributed by atoms with Crippen LogP contribution in [-0.4, -0.2) is 70.9 Å². The summed E-state index contributed by atoms with van der Waals surface area (Å²) in [6, 6.07) is 5.22. The molecule has 2 rings (SSSR count). The lowest BCUT2D eigenvalue weighted by Crippen LogP contribution is -2.46. The van der Waals surface area contributed by atoms with Gasteiger partial charge in [-0.2, -0.15) is 4.31 Å². The Labute approximate surface area is 154 Å². The van der Waals surface area contributed by atoms with Gasteiger partial charge in [0, 0.05) is 19.6 Å². The Kier molecular flexibility index (Phi) is 7.24. The van der Waals surface area contributed by atoms with Crippen molar-refractivity contribution in [3.8, 4) is 11.5 Å². The highest BCUT2D eigenvalue weighted by molar-refractivity contribution is 7.89. The summed E-state index contributed by atoms with van der Waals surface area (Å²) in [6.45, 7) is 3.01. The largest absolute Gasteiger partial charge is 0.493 e. The van der Waals surface area contributed by atoms with Crippen LogP contribution in [0.2, 0.25) is 0 Å². The zero-order valence-electron chi connectivity index (χ0n) is 15.4. The topological polar surface area (TPSA) is 94.2 Å². The molecule has 9 heteroatoms. The third-order valence-electron chi connectivity index (χ3n) is 4.09. The van der Waals surface area contributed by atoms with Crippen LogP contribution in [0, 0.1) is 0 Å². The molecule has 0 bridgehead atoms. The molecule has 0 aromatic heterocycles. The molecule has 1 unspecified atom stereocenters. The van der Waals surface area contributed by atoms with Gasteiger partial charge in [0.15, 0.2) is 11.5 Å². The number of carbonyl (C=O) groups is 1. The first-order valence-electron chi connectivity index (χ1n) is 8.42. The highest BCUT2D eigenvalue weighted by atomic mass is 32.2. The molecule has 1 N–H and O–H groups in total. The second kappa shape index (κ2) is 9.20. The standard InChI is InChI=1S/C17H26N2O6S/c1-13-12-19(7-8-25-13)26(21,22)9-6-18-17(20)11-14-4-5-15(23-2)16(10-14)24-3/h4-5,10,13H,6-9,11-12H2,1-3H3,(H,18,20). The van der Waals surface area contributed by atoms with Gasteiger partial charge < -0.3 is 19.5 Å². The van der Waals surface area contributed by atoms with E-state index in [4.69, 9.17) is 14.2 Å². The maximum Gasteiger partial charge on any atom is 0.224 e. The highest BCUT2D eigenvalue weighted by Gasteiger charge is 2.27. The maximum absolute atomic E-state index is 12.3. The number of methoxy groups -OCH3 is 2. The zero-order chi connectivity index (χ0) is 19.2. The number of rotatable bonds is 8. The van der Waals surface area contributed by atoms with E-state index in [0.717, 1.165) is 5.56 Å². The van der Waals surface area contributed by atoms with E-state index < -0.39 is 10.0 Å². The third kappa shape index (κ3) is 5.58. The van der Waals surface area contributed by atoms with Gasteiger partial charge in [0.1, 0.15) is 0 Å². The summed E-state index contributed by atoms with van der Waals surface area (Å²) >= 11 is 0. The second-order valence-corrected chi connectivity index (χ2v) is 8.16. The van der Waals surface area contributed by atoms with Gasteiger partial charge in [0.25, 0.3) is 0 Å². The average Bonchev–Trinajstić information content (AvgIpc) is 2.61. The number of nitrogens with one attached hydrogen (secondary N) is 1. The van der Waals surface area contributed by atoms with Crippen molar-refractivity contribution in [3.63, 3.8) is 0 Å². The fraction of sp³-hybridized carbons (Fsp3) is 0.588. The van der Waals surface area contributed by atoms with Crippen LogP contribution in [0.5, 0.6) is 11.5 Å². The molecule has 1 fully saturated rings. The van der Waals surface area contributed by atoms with Crippen molar-refractivity contribution < 1.29 is 27.4 Å². The van der Waals surface area contributed by atoms with Crippen LogP contribution < -0.4 is 14.8 Å². The monoisotopic (exact) mass is 386 g/mol. The molecule has 1 aliphatic rings. The van der Waals surface area contributed by atoms with Crippen molar-refractivity contribution in [1.82, 2.24) is 9.62 Å². The van der Waals surface area contributed by atoms with E-state index in [1.165, 1.54) is 11.4 Å². The molecular formula is C17H26N2O6S. The van der Waals surface area contributed by atoms with Gasteiger partial charge in [-0.1, -0.05) is 6.07 Å². The van der Waals surface area contributed by atoms with E-state index in [2.05, 4.69) is 5.32 Å². The van der Waals surface area contributed by atoms with E-state index in [-0.39, 0.29) is 30.7 Å². The van der Waals surface area contributed by atoms with Crippen molar-refractivity contribution in [3.05, 3.63) is 23.8 Å². The van der Waals surface area contributed by atoms with Crippen molar-refractivity contribution in [1.29, 1.82) is 0 Å². The molecular weight excluding hydrogens is 360 g/mol. The predicted molar refractivity (Wildman–Crippen MR) is 97.0 cm³/mol. The summed E-state index contributed by atoms with van der Waals surface area (Å²) in [5, 5.41) is 2.66. The number of benzene rings is 1. The fourth-order valence-electron chi connectivity index (χ4n) is 2.73. The first-order valence-corrected chi connectivity index (χ1v) is 10.0. The summed E-state index contributed by atoms with van der Waals surface area (Å²) in [4.78, 5) is 12.1. The van der Waals surface area contributed by atoms with Gasteiger partial charge in [-0.15, -0.1) is 0 Å². The van der Waals surface area contributed by atoms with Crippen LogP contribution >= 0.6 is 0 Å². The molecule has 1 aromatic rings. The van der Waals surface area contributed by atoms with Gasteiger partial charge in [-0.05, 0) is 24.6 Å². The Hall–Kier alpha value is -1.84. The molecule has 8 nitrogen and oxygen atoms in total. The summed E-state index contributed by atoms with van der Waals surface area (Å²) in [5.74, 6) is 0.754. The lowest BCUT2D eigenvalue weighted by molar-refractivity contribution is -0.120. The molecule has 1 saturated heterocycles. The molecule has 1 aromatic carbocycles. The summed E-state index contributed by atoms with van der Waals surface area (Å²) in [7, 11) is -0.334. The zero-order valence-corrected chi connectivity index (χ0v) is 16.2. The van der Waals surface area contributed by atoms with E-state index in [0.29, 0.717) is 31.2 Å². The van der Waals surface area contributed by atoms with E-state index in [1.54, 1.807) is 25.3 Å². The van der Waals surface area contributed by atoms with Crippen LogP contribution in [0.4, 0.5) is 0 Å². The van der Waals surface area contributed by atoms with Crippen molar-refractivity contribution >= 4 is 15.9 Å². The summed E-state index contributed by atoms with van der Waals surface area (Å²) in [6.07, 6.45) is 0.0211. The Morgan fingerprint density at radius 3 is 2.69 bits per heavy atom. The number of sulfonamides is 1. The van der Waals surface area contributed by atoms with E-state index in [9.17, 15) is 13.2 Å². The first kappa shape index (κ1) is 20.5. The number of carbonyl (C=O) groups excluding carboxylic acids is 1. The molecule has 0 aliphatic carbocycles. The van der Waals surface area contributed by atoms with Crippen LogP contribution in [0.15, 0.2) is 18.2 Å². The lowest BCUT2D eigenvalue weighted by atomic mass is 10.1. The van der Waals surface area contributed by atoms with Crippen molar-refractivity contribution in [2.24, 2.45) is 0 Å². The van der Waals surface area contributed by atoms with Gasteiger partial charge >= 0.3 is 0 Å². The number of nitrogens with zero attached hydrogens (tertiary/aromatic N) is 1. The lowest BCUT2D eigenvalue weighted by Gasteiger charge is -2.30. The number of amides is 1. The van der Waals surface area contributed by atoms with Crippen LogP contribution in [-0.2, 0) is 26.0 Å². The average molecular weight is 386 g/mol. The first-order chi connectivity index (χ1) is 12.4. The Morgan fingerprint density at radius 2 is 2.04 bits per heavy atom. The Bertz CT molecular complexity index is 722.